The molecule has 1 fully saturated rings. The highest BCUT2D eigenvalue weighted by Gasteiger charge is 2.27. The van der Waals surface area contributed by atoms with Crippen LogP contribution in [0.15, 0.2) is 48.8 Å². The van der Waals surface area contributed by atoms with Gasteiger partial charge in [-0.2, -0.15) is 5.10 Å². The number of aromatic nitrogens is 3. The van der Waals surface area contributed by atoms with Crippen LogP contribution >= 0.6 is 0 Å². The SMILES string of the molecule is COc1cccc(OC)c1C(=O)N1CCN(Cc2cc(-c3cccnc3)nn2C)CC1. The second-order valence-electron chi connectivity index (χ2n) is 7.49. The lowest BCUT2D eigenvalue weighted by atomic mass is 10.1. The molecule has 0 saturated carbocycles. The number of rotatable bonds is 6. The minimum atomic E-state index is -0.0617. The number of carbonyl (C=O) groups excluding carboxylic acids is 1. The lowest BCUT2D eigenvalue weighted by Crippen LogP contribution is -2.48. The molecule has 1 aliphatic heterocycles. The average Bonchev–Trinajstić information content (AvgIpc) is 3.19. The Morgan fingerprint density at radius 1 is 1.03 bits per heavy atom. The van der Waals surface area contributed by atoms with Gasteiger partial charge in [-0.3, -0.25) is 19.4 Å². The van der Waals surface area contributed by atoms with Crippen molar-refractivity contribution in [2.24, 2.45) is 7.05 Å². The van der Waals surface area contributed by atoms with E-state index < -0.39 is 0 Å². The van der Waals surface area contributed by atoms with Crippen molar-refractivity contribution in [1.82, 2.24) is 24.6 Å². The maximum Gasteiger partial charge on any atom is 0.261 e. The third kappa shape index (κ3) is 4.39. The topological polar surface area (TPSA) is 72.7 Å². The molecule has 8 heteroatoms. The minimum absolute atomic E-state index is 0.0617. The second kappa shape index (κ2) is 9.18. The summed E-state index contributed by atoms with van der Waals surface area (Å²) >= 11 is 0. The third-order valence-corrected chi connectivity index (χ3v) is 5.62. The van der Waals surface area contributed by atoms with Crippen LogP contribution < -0.4 is 9.47 Å². The molecule has 2 aromatic heterocycles. The van der Waals surface area contributed by atoms with Crippen LogP contribution in [-0.4, -0.2) is 70.9 Å². The number of aryl methyl sites for hydroxylation is 1. The minimum Gasteiger partial charge on any atom is -0.496 e. The van der Waals surface area contributed by atoms with Crippen LogP contribution in [0.5, 0.6) is 11.5 Å². The molecule has 162 valence electrons. The summed E-state index contributed by atoms with van der Waals surface area (Å²) in [6.07, 6.45) is 3.58. The fourth-order valence-electron chi connectivity index (χ4n) is 3.87. The maximum absolute atomic E-state index is 13.2. The Balaban J connectivity index is 1.41. The summed E-state index contributed by atoms with van der Waals surface area (Å²) < 4.78 is 12.7. The van der Waals surface area contributed by atoms with E-state index in [1.165, 1.54) is 0 Å². The molecule has 0 aliphatic carbocycles. The van der Waals surface area contributed by atoms with Gasteiger partial charge in [-0.15, -0.1) is 0 Å². The summed E-state index contributed by atoms with van der Waals surface area (Å²) in [5, 5.41) is 4.63. The normalized spacial score (nSPS) is 14.5. The van der Waals surface area contributed by atoms with E-state index in [9.17, 15) is 4.79 Å². The van der Waals surface area contributed by atoms with Crippen molar-refractivity contribution in [3.8, 4) is 22.8 Å². The summed E-state index contributed by atoms with van der Waals surface area (Å²) in [6.45, 7) is 3.65. The molecule has 0 N–H and O–H groups in total. The molecule has 3 aromatic rings. The van der Waals surface area contributed by atoms with Gasteiger partial charge in [-0.05, 0) is 30.3 Å². The first-order chi connectivity index (χ1) is 15.1. The van der Waals surface area contributed by atoms with E-state index in [2.05, 4.69) is 21.0 Å². The number of carbonyl (C=O) groups is 1. The van der Waals surface area contributed by atoms with Crippen LogP contribution in [0.4, 0.5) is 0 Å². The lowest BCUT2D eigenvalue weighted by molar-refractivity contribution is 0.0619. The standard InChI is InChI=1S/C23H27N5O3/c1-26-18(14-19(25-26)17-6-5-9-24-15-17)16-27-10-12-28(13-11-27)23(29)22-20(30-2)7-4-8-21(22)31-3/h4-9,14-15H,10-13,16H2,1-3H3. The Morgan fingerprint density at radius 2 is 1.74 bits per heavy atom. The van der Waals surface area contributed by atoms with Crippen LogP contribution in [0.1, 0.15) is 16.1 Å². The second-order valence-corrected chi connectivity index (χ2v) is 7.49. The van der Waals surface area contributed by atoms with Gasteiger partial charge in [0.1, 0.15) is 17.1 Å². The predicted octanol–water partition coefficient (Wildman–Crippen LogP) is 2.46. The summed E-state index contributed by atoms with van der Waals surface area (Å²) in [5.41, 5.74) is 3.53. The number of pyridine rings is 1. The molecular formula is C23H27N5O3. The van der Waals surface area contributed by atoms with Gasteiger partial charge in [0.15, 0.2) is 0 Å². The van der Waals surface area contributed by atoms with Crippen molar-refractivity contribution in [1.29, 1.82) is 0 Å². The van der Waals surface area contributed by atoms with Gasteiger partial charge >= 0.3 is 0 Å². The van der Waals surface area contributed by atoms with Gasteiger partial charge in [0, 0.05) is 57.7 Å². The molecular weight excluding hydrogens is 394 g/mol. The molecule has 0 spiro atoms. The number of methoxy groups -OCH3 is 2. The van der Waals surface area contributed by atoms with Crippen molar-refractivity contribution < 1.29 is 14.3 Å². The number of hydrogen-bond donors (Lipinski definition) is 0. The molecule has 1 aliphatic rings. The van der Waals surface area contributed by atoms with Crippen molar-refractivity contribution in [2.45, 2.75) is 6.54 Å². The van der Waals surface area contributed by atoms with Gasteiger partial charge < -0.3 is 14.4 Å². The van der Waals surface area contributed by atoms with Gasteiger partial charge in [0.05, 0.1) is 25.6 Å². The van der Waals surface area contributed by atoms with Crippen LogP contribution in [0, 0.1) is 0 Å². The molecule has 4 rings (SSSR count). The smallest absolute Gasteiger partial charge is 0.261 e. The Labute approximate surface area is 182 Å². The van der Waals surface area contributed by atoms with Gasteiger partial charge in [0.25, 0.3) is 5.91 Å². The van der Waals surface area contributed by atoms with Crippen molar-refractivity contribution in [3.63, 3.8) is 0 Å². The number of benzene rings is 1. The van der Waals surface area contributed by atoms with Crippen molar-refractivity contribution in [2.75, 3.05) is 40.4 Å². The first-order valence-electron chi connectivity index (χ1n) is 10.3. The van der Waals surface area contributed by atoms with Crippen LogP contribution in [0.25, 0.3) is 11.3 Å². The molecule has 1 amide bonds. The Hall–Kier alpha value is -3.39. The van der Waals surface area contributed by atoms with E-state index in [1.54, 1.807) is 32.5 Å². The van der Waals surface area contributed by atoms with Crippen LogP contribution in [0.3, 0.4) is 0 Å². The van der Waals surface area contributed by atoms with Gasteiger partial charge in [-0.25, -0.2) is 0 Å². The molecule has 0 bridgehead atoms. The van der Waals surface area contributed by atoms with Gasteiger partial charge in [0.2, 0.25) is 0 Å². The zero-order valence-corrected chi connectivity index (χ0v) is 18.1. The predicted molar refractivity (Wildman–Crippen MR) is 117 cm³/mol. The summed E-state index contributed by atoms with van der Waals surface area (Å²) in [4.78, 5) is 21.5. The Morgan fingerprint density at radius 3 is 2.35 bits per heavy atom. The zero-order chi connectivity index (χ0) is 21.8. The number of hydrogen-bond acceptors (Lipinski definition) is 6. The highest BCUT2D eigenvalue weighted by Crippen LogP contribution is 2.30. The molecule has 31 heavy (non-hydrogen) atoms. The van der Waals surface area contributed by atoms with E-state index >= 15 is 0 Å². The highest BCUT2D eigenvalue weighted by atomic mass is 16.5. The monoisotopic (exact) mass is 421 g/mol. The average molecular weight is 422 g/mol. The van der Waals surface area contributed by atoms with E-state index in [0.717, 1.165) is 36.6 Å². The molecule has 0 radical (unpaired) electrons. The van der Waals surface area contributed by atoms with Crippen molar-refractivity contribution >= 4 is 5.91 Å². The number of amides is 1. The summed E-state index contributed by atoms with van der Waals surface area (Å²) in [6, 6.07) is 11.4. The van der Waals surface area contributed by atoms with E-state index in [1.807, 2.05) is 41.0 Å². The molecule has 8 nitrogen and oxygen atoms in total. The molecule has 0 unspecified atom stereocenters. The number of piperazine rings is 1. The number of nitrogens with zero attached hydrogens (tertiary/aromatic N) is 5. The summed E-state index contributed by atoms with van der Waals surface area (Å²) in [5.74, 6) is 1.00. The molecule has 3 heterocycles. The van der Waals surface area contributed by atoms with E-state index in [0.29, 0.717) is 30.2 Å². The largest absolute Gasteiger partial charge is 0.496 e. The van der Waals surface area contributed by atoms with E-state index in [4.69, 9.17) is 9.47 Å². The number of ether oxygens (including phenoxy) is 2. The maximum atomic E-state index is 13.2. The molecule has 1 aromatic carbocycles. The molecule has 1 saturated heterocycles. The van der Waals surface area contributed by atoms with Gasteiger partial charge in [-0.1, -0.05) is 6.07 Å². The van der Waals surface area contributed by atoms with E-state index in [-0.39, 0.29) is 5.91 Å². The first kappa shape index (κ1) is 20.9. The van der Waals surface area contributed by atoms with Crippen LogP contribution in [0.2, 0.25) is 0 Å². The first-order valence-corrected chi connectivity index (χ1v) is 10.3. The lowest BCUT2D eigenvalue weighted by Gasteiger charge is -2.35. The quantitative estimate of drug-likeness (QED) is 0.609. The third-order valence-electron chi connectivity index (χ3n) is 5.62. The Kier molecular flexibility index (Phi) is 6.18. The van der Waals surface area contributed by atoms with Crippen molar-refractivity contribution in [3.05, 3.63) is 60.0 Å². The zero-order valence-electron chi connectivity index (χ0n) is 18.1. The Bertz CT molecular complexity index is 1020. The van der Waals surface area contributed by atoms with Crippen LogP contribution in [-0.2, 0) is 13.6 Å². The fraction of sp³-hybridized carbons (Fsp3) is 0.348. The highest BCUT2D eigenvalue weighted by molar-refractivity contribution is 5.99. The fourth-order valence-corrected chi connectivity index (χ4v) is 3.87. The molecule has 0 atom stereocenters. The summed E-state index contributed by atoms with van der Waals surface area (Å²) in [7, 11) is 5.09.